The molecule has 0 atom stereocenters. The Morgan fingerprint density at radius 1 is 1.18 bits per heavy atom. The van der Waals surface area contributed by atoms with Crippen LogP contribution < -0.4 is 0 Å². The lowest BCUT2D eigenvalue weighted by molar-refractivity contribution is 0.766. The van der Waals surface area contributed by atoms with E-state index in [-0.39, 0.29) is 4.87 Å². The van der Waals surface area contributed by atoms with Crippen LogP contribution in [0.25, 0.3) is 0 Å². The van der Waals surface area contributed by atoms with Gasteiger partial charge in [0.05, 0.1) is 4.87 Å². The van der Waals surface area contributed by atoms with E-state index in [1.54, 1.807) is 0 Å². The molecule has 0 amide bonds. The first-order valence-corrected chi connectivity index (χ1v) is 4.62. The van der Waals surface area contributed by atoms with Gasteiger partial charge in [-0.25, -0.2) is 0 Å². The number of hydrogen-bond donors (Lipinski definition) is 0. The summed E-state index contributed by atoms with van der Waals surface area (Å²) in [5.41, 5.74) is 1.14. The lowest BCUT2D eigenvalue weighted by Crippen LogP contribution is -2.06. The molecule has 0 saturated carbocycles. The van der Waals surface area contributed by atoms with Crippen LogP contribution >= 0.6 is 27.5 Å². The van der Waals surface area contributed by atoms with Gasteiger partial charge in [0.2, 0.25) is 0 Å². The average molecular weight is 234 g/mol. The van der Waals surface area contributed by atoms with Crippen molar-refractivity contribution in [3.8, 4) is 0 Å². The largest absolute Gasteiger partial charge is 0.115 e. The topological polar surface area (TPSA) is 0 Å². The van der Waals surface area contributed by atoms with E-state index >= 15 is 0 Å². The minimum atomic E-state index is -0.263. The molecule has 0 N–H and O–H groups in total. The summed E-state index contributed by atoms with van der Waals surface area (Å²) in [4.78, 5) is -0.263. The van der Waals surface area contributed by atoms with Crippen LogP contribution in [0, 0.1) is 0 Å². The fraction of sp³-hybridized carbons (Fsp3) is 0.333. The standard InChI is InChI=1S/C9H10BrCl/c1-9(2,11)7-3-5-8(10)6-4-7/h3-6H,1-2H3. The summed E-state index contributed by atoms with van der Waals surface area (Å²) >= 11 is 9.46. The van der Waals surface area contributed by atoms with E-state index in [4.69, 9.17) is 11.6 Å². The predicted molar refractivity (Wildman–Crippen MR) is 53.0 cm³/mol. The Hall–Kier alpha value is -0.0100. The van der Waals surface area contributed by atoms with Gasteiger partial charge in [-0.15, -0.1) is 11.6 Å². The molecule has 0 nitrogen and oxygen atoms in total. The zero-order chi connectivity index (χ0) is 8.48. The molecule has 0 unspecified atom stereocenters. The highest BCUT2D eigenvalue weighted by Crippen LogP contribution is 2.28. The minimum Gasteiger partial charge on any atom is -0.115 e. The van der Waals surface area contributed by atoms with Gasteiger partial charge in [0.1, 0.15) is 0 Å². The molecule has 0 aliphatic heterocycles. The van der Waals surface area contributed by atoms with Gasteiger partial charge in [-0.3, -0.25) is 0 Å². The van der Waals surface area contributed by atoms with Crippen LogP contribution in [0.2, 0.25) is 0 Å². The Balaban J connectivity index is 2.99. The van der Waals surface area contributed by atoms with Crippen LogP contribution in [0.4, 0.5) is 0 Å². The Morgan fingerprint density at radius 3 is 2.00 bits per heavy atom. The van der Waals surface area contributed by atoms with Crippen molar-refractivity contribution in [1.82, 2.24) is 0 Å². The summed E-state index contributed by atoms with van der Waals surface area (Å²) in [6.07, 6.45) is 0. The number of rotatable bonds is 1. The van der Waals surface area contributed by atoms with Crippen LogP contribution in [-0.4, -0.2) is 0 Å². The van der Waals surface area contributed by atoms with E-state index in [1.165, 1.54) is 0 Å². The Bertz CT molecular complexity index is 233. The number of halogens is 2. The highest BCUT2D eigenvalue weighted by Gasteiger charge is 2.15. The number of benzene rings is 1. The molecule has 0 bridgehead atoms. The van der Waals surface area contributed by atoms with Crippen LogP contribution in [0.3, 0.4) is 0 Å². The highest BCUT2D eigenvalue weighted by atomic mass is 79.9. The quantitative estimate of drug-likeness (QED) is 0.645. The lowest BCUT2D eigenvalue weighted by atomic mass is 10.0. The van der Waals surface area contributed by atoms with E-state index in [1.807, 2.05) is 38.1 Å². The summed E-state index contributed by atoms with van der Waals surface area (Å²) in [5.74, 6) is 0. The summed E-state index contributed by atoms with van der Waals surface area (Å²) < 4.78 is 1.09. The molecule has 0 saturated heterocycles. The van der Waals surface area contributed by atoms with Gasteiger partial charge < -0.3 is 0 Å². The third kappa shape index (κ3) is 2.49. The lowest BCUT2D eigenvalue weighted by Gasteiger charge is -2.15. The van der Waals surface area contributed by atoms with Crippen molar-refractivity contribution in [3.63, 3.8) is 0 Å². The third-order valence-electron chi connectivity index (χ3n) is 1.53. The maximum absolute atomic E-state index is 6.10. The molecule has 60 valence electrons. The van der Waals surface area contributed by atoms with Crippen molar-refractivity contribution < 1.29 is 0 Å². The first kappa shape index (κ1) is 9.08. The van der Waals surface area contributed by atoms with Crippen LogP contribution in [0.15, 0.2) is 28.7 Å². The first-order chi connectivity index (χ1) is 5.00. The fourth-order valence-electron chi connectivity index (χ4n) is 0.846. The number of hydrogen-bond acceptors (Lipinski definition) is 0. The molecular formula is C9H10BrCl. The molecular weight excluding hydrogens is 223 g/mol. The molecule has 1 aromatic rings. The SMILES string of the molecule is CC(C)(Cl)c1ccc(Br)cc1. The average Bonchev–Trinajstić information content (AvgIpc) is 1.86. The van der Waals surface area contributed by atoms with E-state index in [0.717, 1.165) is 10.0 Å². The van der Waals surface area contributed by atoms with Crippen LogP contribution in [0.1, 0.15) is 19.4 Å². The Labute approximate surface area is 80.7 Å². The summed E-state index contributed by atoms with van der Waals surface area (Å²) in [5, 5.41) is 0. The molecule has 0 fully saturated rings. The van der Waals surface area contributed by atoms with Crippen molar-refractivity contribution in [2.24, 2.45) is 0 Å². The normalized spacial score (nSPS) is 11.6. The van der Waals surface area contributed by atoms with Crippen LogP contribution in [-0.2, 0) is 4.87 Å². The summed E-state index contributed by atoms with van der Waals surface area (Å²) in [6, 6.07) is 8.05. The maximum atomic E-state index is 6.10. The van der Waals surface area contributed by atoms with Gasteiger partial charge in [-0.1, -0.05) is 28.1 Å². The van der Waals surface area contributed by atoms with Crippen molar-refractivity contribution in [2.45, 2.75) is 18.7 Å². The molecule has 0 spiro atoms. The molecule has 2 heteroatoms. The molecule has 0 aliphatic rings. The van der Waals surface area contributed by atoms with Crippen molar-refractivity contribution in [2.75, 3.05) is 0 Å². The van der Waals surface area contributed by atoms with Crippen LogP contribution in [0.5, 0.6) is 0 Å². The Kier molecular flexibility index (Phi) is 2.61. The van der Waals surface area contributed by atoms with E-state index in [0.29, 0.717) is 0 Å². The van der Waals surface area contributed by atoms with E-state index in [2.05, 4.69) is 15.9 Å². The van der Waals surface area contributed by atoms with Gasteiger partial charge in [0.25, 0.3) is 0 Å². The second kappa shape index (κ2) is 3.16. The second-order valence-electron chi connectivity index (χ2n) is 2.98. The molecule has 0 aromatic heterocycles. The van der Waals surface area contributed by atoms with Gasteiger partial charge in [0, 0.05) is 4.47 Å². The van der Waals surface area contributed by atoms with Crippen molar-refractivity contribution in [3.05, 3.63) is 34.3 Å². The number of alkyl halides is 1. The molecule has 0 aliphatic carbocycles. The zero-order valence-corrected chi connectivity index (χ0v) is 8.91. The molecule has 11 heavy (non-hydrogen) atoms. The zero-order valence-electron chi connectivity index (χ0n) is 6.57. The van der Waals surface area contributed by atoms with Crippen molar-refractivity contribution >= 4 is 27.5 Å². The molecule has 0 heterocycles. The van der Waals surface area contributed by atoms with Gasteiger partial charge in [0.15, 0.2) is 0 Å². The first-order valence-electron chi connectivity index (χ1n) is 3.45. The third-order valence-corrected chi connectivity index (χ3v) is 2.28. The monoisotopic (exact) mass is 232 g/mol. The predicted octanol–water partition coefficient (Wildman–Crippen LogP) is 3.92. The summed E-state index contributed by atoms with van der Waals surface area (Å²) in [7, 11) is 0. The second-order valence-corrected chi connectivity index (χ2v) is 4.84. The van der Waals surface area contributed by atoms with Gasteiger partial charge in [-0.2, -0.15) is 0 Å². The van der Waals surface area contributed by atoms with Gasteiger partial charge in [-0.05, 0) is 31.5 Å². The Morgan fingerprint density at radius 2 is 1.64 bits per heavy atom. The molecule has 0 radical (unpaired) electrons. The van der Waals surface area contributed by atoms with Crippen molar-refractivity contribution in [1.29, 1.82) is 0 Å². The summed E-state index contributed by atoms with van der Waals surface area (Å²) in [6.45, 7) is 3.97. The van der Waals surface area contributed by atoms with Gasteiger partial charge >= 0.3 is 0 Å². The smallest absolute Gasteiger partial charge is 0.0638 e. The van der Waals surface area contributed by atoms with E-state index in [9.17, 15) is 0 Å². The van der Waals surface area contributed by atoms with E-state index < -0.39 is 0 Å². The minimum absolute atomic E-state index is 0.263. The molecule has 1 rings (SSSR count). The molecule has 1 aromatic carbocycles. The maximum Gasteiger partial charge on any atom is 0.0638 e. The highest BCUT2D eigenvalue weighted by molar-refractivity contribution is 9.10. The fourth-order valence-corrected chi connectivity index (χ4v) is 1.24.